The maximum atomic E-state index is 12.5. The van der Waals surface area contributed by atoms with E-state index in [4.69, 9.17) is 4.74 Å². The van der Waals surface area contributed by atoms with Crippen LogP contribution in [0.1, 0.15) is 23.5 Å². The van der Waals surface area contributed by atoms with Crippen molar-refractivity contribution in [3.63, 3.8) is 0 Å². The molecule has 0 N–H and O–H groups in total. The lowest BCUT2D eigenvalue weighted by Crippen LogP contribution is -2.32. The quantitative estimate of drug-likeness (QED) is 0.468. The second-order valence-corrected chi connectivity index (χ2v) is 7.80. The van der Waals surface area contributed by atoms with Crippen LogP contribution in [0, 0.1) is 0 Å². The fraction of sp³-hybridized carbons (Fsp3) is 0.238. The molecule has 2 aromatic heterocycles. The van der Waals surface area contributed by atoms with E-state index in [-0.39, 0.29) is 18.6 Å². The first kappa shape index (κ1) is 19.2. The first-order valence-electron chi connectivity index (χ1n) is 9.24. The van der Waals surface area contributed by atoms with Gasteiger partial charge >= 0.3 is 0 Å². The Morgan fingerprint density at radius 3 is 2.72 bits per heavy atom. The maximum Gasteiger partial charge on any atom is 0.248 e. The monoisotopic (exact) mass is 407 g/mol. The number of para-hydroxylation sites is 1. The summed E-state index contributed by atoms with van der Waals surface area (Å²) in [5.41, 5.74) is 2.92. The Morgan fingerprint density at radius 1 is 1.21 bits per heavy atom. The summed E-state index contributed by atoms with van der Waals surface area (Å²) in [7, 11) is 1.79. The van der Waals surface area contributed by atoms with E-state index in [1.807, 2.05) is 55.5 Å². The molecule has 0 bridgehead atoms. The minimum atomic E-state index is -0.0710. The number of aromatic nitrogens is 4. The number of ether oxygens (including phenoxy) is 1. The minimum absolute atomic E-state index is 0.0216. The van der Waals surface area contributed by atoms with Crippen LogP contribution in [0.15, 0.2) is 61.2 Å². The number of hydrogen-bond donors (Lipinski definition) is 0. The van der Waals surface area contributed by atoms with Crippen molar-refractivity contribution >= 4 is 27.5 Å². The summed E-state index contributed by atoms with van der Waals surface area (Å²) < 4.78 is 8.44. The van der Waals surface area contributed by atoms with Crippen molar-refractivity contribution < 1.29 is 9.53 Å². The molecule has 0 spiro atoms. The standard InChI is InChI=1S/C21H21N5O2S/c1-15(16-7-9-17(10-8-16)26-14-22-13-23-26)25(2)21(27)12-28-11-20-24-18-5-3-4-6-19(18)29-20/h3-10,13-15H,11-12H2,1-2H3/t15-/m1/s1. The van der Waals surface area contributed by atoms with Gasteiger partial charge in [-0.2, -0.15) is 5.10 Å². The number of rotatable bonds is 7. The number of fused-ring (bicyclic) bond motifs is 1. The van der Waals surface area contributed by atoms with Crippen LogP contribution >= 0.6 is 11.3 Å². The highest BCUT2D eigenvalue weighted by atomic mass is 32.1. The van der Waals surface area contributed by atoms with Gasteiger partial charge in [0, 0.05) is 7.05 Å². The Kier molecular flexibility index (Phi) is 5.64. The lowest BCUT2D eigenvalue weighted by Gasteiger charge is -2.25. The van der Waals surface area contributed by atoms with Crippen LogP contribution in [0.25, 0.3) is 15.9 Å². The average molecular weight is 407 g/mol. The second-order valence-electron chi connectivity index (χ2n) is 6.68. The van der Waals surface area contributed by atoms with Gasteiger partial charge in [-0.3, -0.25) is 4.79 Å². The molecule has 0 aliphatic heterocycles. The Bertz CT molecular complexity index is 1060. The molecule has 1 atom stereocenters. The summed E-state index contributed by atoms with van der Waals surface area (Å²) in [5.74, 6) is -0.0704. The summed E-state index contributed by atoms with van der Waals surface area (Å²) in [5, 5.41) is 4.99. The summed E-state index contributed by atoms with van der Waals surface area (Å²) in [4.78, 5) is 22.7. The van der Waals surface area contributed by atoms with E-state index < -0.39 is 0 Å². The summed E-state index contributed by atoms with van der Waals surface area (Å²) in [6, 6.07) is 15.8. The van der Waals surface area contributed by atoms with E-state index in [9.17, 15) is 4.79 Å². The summed E-state index contributed by atoms with van der Waals surface area (Å²) in [6.07, 6.45) is 3.15. The second kappa shape index (κ2) is 8.50. The molecule has 0 saturated carbocycles. The summed E-state index contributed by atoms with van der Waals surface area (Å²) in [6.45, 7) is 2.35. The van der Waals surface area contributed by atoms with E-state index in [1.54, 1.807) is 34.3 Å². The Balaban J connectivity index is 1.32. The van der Waals surface area contributed by atoms with Gasteiger partial charge in [0.25, 0.3) is 0 Å². The van der Waals surface area contributed by atoms with Gasteiger partial charge in [0.2, 0.25) is 5.91 Å². The van der Waals surface area contributed by atoms with Crippen LogP contribution in [-0.4, -0.2) is 44.2 Å². The molecule has 7 nitrogen and oxygen atoms in total. The third-order valence-electron chi connectivity index (χ3n) is 4.82. The van der Waals surface area contributed by atoms with Crippen molar-refractivity contribution in [3.8, 4) is 5.69 Å². The molecule has 2 heterocycles. The van der Waals surface area contributed by atoms with Crippen LogP contribution in [-0.2, 0) is 16.1 Å². The topological polar surface area (TPSA) is 73.1 Å². The third-order valence-corrected chi connectivity index (χ3v) is 5.83. The first-order valence-corrected chi connectivity index (χ1v) is 10.1. The van der Waals surface area contributed by atoms with Crippen LogP contribution in [0.4, 0.5) is 0 Å². The zero-order chi connectivity index (χ0) is 20.2. The molecule has 0 unspecified atom stereocenters. The summed E-state index contributed by atoms with van der Waals surface area (Å²) >= 11 is 1.59. The van der Waals surface area contributed by atoms with Gasteiger partial charge in [0.05, 0.1) is 28.6 Å². The number of thiazole rings is 1. The Labute approximate surface area is 172 Å². The predicted octanol–water partition coefficient (Wildman–Crippen LogP) is 3.61. The molecule has 0 saturated heterocycles. The molecule has 29 heavy (non-hydrogen) atoms. The first-order chi connectivity index (χ1) is 14.1. The highest BCUT2D eigenvalue weighted by Gasteiger charge is 2.18. The number of likely N-dealkylation sites (N-methyl/N-ethyl adjacent to an activating group) is 1. The normalized spacial score (nSPS) is 12.2. The Hall–Kier alpha value is -3.10. The fourth-order valence-corrected chi connectivity index (χ4v) is 3.90. The SMILES string of the molecule is C[C@H](c1ccc(-n2cncn2)cc1)N(C)C(=O)COCc1nc2ccccc2s1. The smallest absolute Gasteiger partial charge is 0.248 e. The van der Waals surface area contributed by atoms with Gasteiger partial charge < -0.3 is 9.64 Å². The van der Waals surface area contributed by atoms with Gasteiger partial charge in [0.1, 0.15) is 24.3 Å². The molecule has 0 radical (unpaired) electrons. The van der Waals surface area contributed by atoms with Crippen LogP contribution in [0.3, 0.4) is 0 Å². The number of hydrogen-bond acceptors (Lipinski definition) is 6. The third kappa shape index (κ3) is 4.33. The predicted molar refractivity (Wildman–Crippen MR) is 112 cm³/mol. The lowest BCUT2D eigenvalue weighted by molar-refractivity contribution is -0.137. The van der Waals surface area contributed by atoms with E-state index in [1.165, 1.54) is 6.33 Å². The van der Waals surface area contributed by atoms with Crippen molar-refractivity contribution in [2.45, 2.75) is 19.6 Å². The number of benzene rings is 2. The molecule has 0 aliphatic carbocycles. The van der Waals surface area contributed by atoms with Crippen LogP contribution < -0.4 is 0 Å². The molecule has 4 rings (SSSR count). The van der Waals surface area contributed by atoms with Crippen molar-refractivity contribution in [1.29, 1.82) is 0 Å². The molecular formula is C21H21N5O2S. The average Bonchev–Trinajstić information content (AvgIpc) is 3.42. The highest BCUT2D eigenvalue weighted by molar-refractivity contribution is 7.18. The largest absolute Gasteiger partial charge is 0.364 e. The molecule has 4 aromatic rings. The fourth-order valence-electron chi connectivity index (χ4n) is 3.00. The zero-order valence-corrected chi connectivity index (χ0v) is 17.0. The van der Waals surface area contributed by atoms with Crippen molar-refractivity contribution in [1.82, 2.24) is 24.6 Å². The zero-order valence-electron chi connectivity index (χ0n) is 16.2. The number of amides is 1. The van der Waals surface area contributed by atoms with Gasteiger partial charge in [-0.25, -0.2) is 14.6 Å². The van der Waals surface area contributed by atoms with Gasteiger partial charge in [-0.1, -0.05) is 24.3 Å². The molecule has 2 aromatic carbocycles. The van der Waals surface area contributed by atoms with Crippen molar-refractivity contribution in [2.75, 3.05) is 13.7 Å². The maximum absolute atomic E-state index is 12.5. The van der Waals surface area contributed by atoms with Gasteiger partial charge in [0.15, 0.2) is 0 Å². The number of nitrogens with zero attached hydrogens (tertiary/aromatic N) is 5. The molecule has 8 heteroatoms. The van der Waals surface area contributed by atoms with Gasteiger partial charge in [-0.05, 0) is 36.8 Å². The van der Waals surface area contributed by atoms with Crippen molar-refractivity contribution in [2.24, 2.45) is 0 Å². The van der Waals surface area contributed by atoms with Crippen LogP contribution in [0.5, 0.6) is 0 Å². The highest BCUT2D eigenvalue weighted by Crippen LogP contribution is 2.23. The van der Waals surface area contributed by atoms with E-state index in [0.717, 1.165) is 26.5 Å². The molecular weight excluding hydrogens is 386 g/mol. The number of carbonyl (C=O) groups excluding carboxylic acids is 1. The van der Waals surface area contributed by atoms with Crippen molar-refractivity contribution in [3.05, 3.63) is 71.8 Å². The molecule has 0 fully saturated rings. The molecule has 1 amide bonds. The van der Waals surface area contributed by atoms with E-state index in [2.05, 4.69) is 15.1 Å². The van der Waals surface area contributed by atoms with E-state index in [0.29, 0.717) is 6.61 Å². The number of carbonyl (C=O) groups is 1. The molecule has 148 valence electrons. The lowest BCUT2D eigenvalue weighted by atomic mass is 10.1. The Morgan fingerprint density at radius 2 is 2.00 bits per heavy atom. The van der Waals surface area contributed by atoms with E-state index >= 15 is 0 Å². The minimum Gasteiger partial charge on any atom is -0.364 e. The molecule has 0 aliphatic rings. The van der Waals surface area contributed by atoms with Crippen LogP contribution in [0.2, 0.25) is 0 Å². The van der Waals surface area contributed by atoms with Gasteiger partial charge in [-0.15, -0.1) is 11.3 Å².